The minimum atomic E-state index is -0.639. The summed E-state index contributed by atoms with van der Waals surface area (Å²) >= 11 is 7.01. The lowest BCUT2D eigenvalue weighted by Crippen LogP contribution is -2.24. The van der Waals surface area contributed by atoms with Crippen molar-refractivity contribution in [2.75, 3.05) is 6.54 Å². The molecule has 0 aliphatic carbocycles. The Labute approximate surface area is 126 Å². The number of furan rings is 1. The molecule has 2 aromatic heterocycles. The van der Waals surface area contributed by atoms with Crippen molar-refractivity contribution >= 4 is 28.8 Å². The van der Waals surface area contributed by atoms with E-state index in [-0.39, 0.29) is 5.91 Å². The van der Waals surface area contributed by atoms with Crippen LogP contribution in [-0.4, -0.2) is 17.6 Å². The van der Waals surface area contributed by atoms with Gasteiger partial charge in [-0.05, 0) is 38.5 Å². The van der Waals surface area contributed by atoms with Gasteiger partial charge >= 0.3 is 0 Å². The van der Waals surface area contributed by atoms with Crippen LogP contribution in [0.15, 0.2) is 22.6 Å². The van der Waals surface area contributed by atoms with E-state index in [0.29, 0.717) is 27.9 Å². The first-order valence-corrected chi connectivity index (χ1v) is 7.45. The third-order valence-corrected chi connectivity index (χ3v) is 4.17. The van der Waals surface area contributed by atoms with Crippen molar-refractivity contribution in [1.29, 1.82) is 0 Å². The van der Waals surface area contributed by atoms with Gasteiger partial charge < -0.3 is 14.8 Å². The molecule has 0 aromatic carbocycles. The molecule has 0 fully saturated rings. The van der Waals surface area contributed by atoms with Gasteiger partial charge in [0.05, 0.1) is 15.3 Å². The van der Waals surface area contributed by atoms with Crippen molar-refractivity contribution in [2.45, 2.75) is 26.4 Å². The summed E-state index contributed by atoms with van der Waals surface area (Å²) in [7, 11) is 0. The van der Waals surface area contributed by atoms with Gasteiger partial charge in [-0.1, -0.05) is 11.6 Å². The number of aliphatic hydroxyl groups excluding tert-OH is 1. The van der Waals surface area contributed by atoms with Gasteiger partial charge in [0.15, 0.2) is 0 Å². The van der Waals surface area contributed by atoms with Crippen molar-refractivity contribution < 1.29 is 14.3 Å². The van der Waals surface area contributed by atoms with Gasteiger partial charge in [-0.15, -0.1) is 11.3 Å². The highest BCUT2D eigenvalue weighted by Crippen LogP contribution is 2.24. The highest BCUT2D eigenvalue weighted by molar-refractivity contribution is 7.17. The maximum atomic E-state index is 11.8. The molecule has 2 N–H and O–H groups in total. The number of hydrogen-bond acceptors (Lipinski definition) is 4. The molecule has 0 aliphatic rings. The van der Waals surface area contributed by atoms with Crippen LogP contribution in [0.3, 0.4) is 0 Å². The number of aliphatic hydroxyl groups is 1. The molecule has 0 saturated heterocycles. The Morgan fingerprint density at radius 3 is 2.80 bits per heavy atom. The third kappa shape index (κ3) is 3.62. The predicted octanol–water partition coefficient (Wildman–Crippen LogP) is 3.46. The van der Waals surface area contributed by atoms with Crippen LogP contribution in [0.1, 0.15) is 39.3 Å². The van der Waals surface area contributed by atoms with Crippen LogP contribution in [0.2, 0.25) is 4.34 Å². The van der Waals surface area contributed by atoms with Crippen LogP contribution in [0.25, 0.3) is 0 Å². The van der Waals surface area contributed by atoms with E-state index in [9.17, 15) is 9.90 Å². The molecule has 0 unspecified atom stereocenters. The molecule has 4 nitrogen and oxygen atoms in total. The molecule has 2 aromatic rings. The minimum Gasteiger partial charge on any atom is -0.466 e. The standard InChI is InChI=1S/C14H16ClNO3S/c1-8-7-10(9(2)19-8)11(17)5-6-16-14(18)12-3-4-13(15)20-12/h3-4,7,11,17H,5-6H2,1-2H3,(H,16,18)/t11-/m1/s1. The fraction of sp³-hybridized carbons (Fsp3) is 0.357. The molecule has 2 rings (SSSR count). The number of rotatable bonds is 5. The second-order valence-corrected chi connectivity index (χ2v) is 6.25. The number of thiophene rings is 1. The Morgan fingerprint density at radius 1 is 1.50 bits per heavy atom. The Hall–Kier alpha value is -1.30. The first kappa shape index (κ1) is 15.1. The zero-order valence-electron chi connectivity index (χ0n) is 11.3. The van der Waals surface area contributed by atoms with E-state index >= 15 is 0 Å². The summed E-state index contributed by atoms with van der Waals surface area (Å²) in [5, 5.41) is 12.8. The molecule has 0 aliphatic heterocycles. The van der Waals surface area contributed by atoms with Crippen LogP contribution < -0.4 is 5.32 Å². The number of amides is 1. The number of aryl methyl sites for hydroxylation is 2. The number of nitrogens with one attached hydrogen (secondary N) is 1. The normalized spacial score (nSPS) is 12.4. The van der Waals surface area contributed by atoms with E-state index in [4.69, 9.17) is 16.0 Å². The topological polar surface area (TPSA) is 62.5 Å². The molecule has 0 radical (unpaired) electrons. The lowest BCUT2D eigenvalue weighted by atomic mass is 10.1. The Balaban J connectivity index is 1.84. The molecule has 108 valence electrons. The molecule has 1 amide bonds. The Kier molecular flexibility index (Phi) is 4.86. The van der Waals surface area contributed by atoms with E-state index in [1.165, 1.54) is 11.3 Å². The van der Waals surface area contributed by atoms with Crippen LogP contribution in [0, 0.1) is 13.8 Å². The minimum absolute atomic E-state index is 0.172. The molecule has 0 spiro atoms. The van der Waals surface area contributed by atoms with Gasteiger partial charge in [0.2, 0.25) is 0 Å². The molecular weight excluding hydrogens is 298 g/mol. The van der Waals surface area contributed by atoms with E-state index in [1.54, 1.807) is 12.1 Å². The molecule has 20 heavy (non-hydrogen) atoms. The summed E-state index contributed by atoms with van der Waals surface area (Å²) in [6, 6.07) is 5.19. The van der Waals surface area contributed by atoms with Crippen molar-refractivity contribution in [3.63, 3.8) is 0 Å². The smallest absolute Gasteiger partial charge is 0.261 e. The zero-order chi connectivity index (χ0) is 14.7. The quantitative estimate of drug-likeness (QED) is 0.888. The fourth-order valence-corrected chi connectivity index (χ4v) is 2.94. The van der Waals surface area contributed by atoms with Gasteiger partial charge in [-0.3, -0.25) is 4.79 Å². The van der Waals surface area contributed by atoms with E-state index < -0.39 is 6.10 Å². The van der Waals surface area contributed by atoms with Gasteiger partial charge in [0.1, 0.15) is 11.5 Å². The van der Waals surface area contributed by atoms with Crippen LogP contribution in [-0.2, 0) is 0 Å². The molecule has 2 heterocycles. The second kappa shape index (κ2) is 6.43. The monoisotopic (exact) mass is 313 g/mol. The average molecular weight is 314 g/mol. The highest BCUT2D eigenvalue weighted by atomic mass is 35.5. The number of hydrogen-bond donors (Lipinski definition) is 2. The summed E-state index contributed by atoms with van der Waals surface area (Å²) in [6.07, 6.45) is -0.204. The zero-order valence-corrected chi connectivity index (χ0v) is 12.8. The molecule has 0 saturated carbocycles. The summed E-state index contributed by atoms with van der Waals surface area (Å²) in [6.45, 7) is 4.04. The third-order valence-electron chi connectivity index (χ3n) is 2.94. The summed E-state index contributed by atoms with van der Waals surface area (Å²) in [5.74, 6) is 1.31. The average Bonchev–Trinajstić information content (AvgIpc) is 2.95. The lowest BCUT2D eigenvalue weighted by Gasteiger charge is -2.10. The van der Waals surface area contributed by atoms with E-state index in [1.807, 2.05) is 19.9 Å². The molecule has 1 atom stereocenters. The predicted molar refractivity (Wildman–Crippen MR) is 79.4 cm³/mol. The largest absolute Gasteiger partial charge is 0.466 e. The maximum Gasteiger partial charge on any atom is 0.261 e. The first-order valence-electron chi connectivity index (χ1n) is 6.26. The molecule has 6 heteroatoms. The van der Waals surface area contributed by atoms with Crippen molar-refractivity contribution in [3.8, 4) is 0 Å². The maximum absolute atomic E-state index is 11.8. The van der Waals surface area contributed by atoms with Crippen molar-refractivity contribution in [2.24, 2.45) is 0 Å². The van der Waals surface area contributed by atoms with Crippen LogP contribution >= 0.6 is 22.9 Å². The van der Waals surface area contributed by atoms with Crippen LogP contribution in [0.5, 0.6) is 0 Å². The van der Waals surface area contributed by atoms with Gasteiger partial charge in [0.25, 0.3) is 5.91 Å². The van der Waals surface area contributed by atoms with Crippen LogP contribution in [0.4, 0.5) is 0 Å². The van der Waals surface area contributed by atoms with Crippen molar-refractivity contribution in [1.82, 2.24) is 5.32 Å². The summed E-state index contributed by atoms with van der Waals surface area (Å²) < 4.78 is 5.96. The van der Waals surface area contributed by atoms with Gasteiger partial charge in [-0.2, -0.15) is 0 Å². The molecule has 0 bridgehead atoms. The number of carbonyl (C=O) groups excluding carboxylic acids is 1. The van der Waals surface area contributed by atoms with Gasteiger partial charge in [-0.25, -0.2) is 0 Å². The summed E-state index contributed by atoms with van der Waals surface area (Å²) in [5.41, 5.74) is 0.774. The highest BCUT2D eigenvalue weighted by Gasteiger charge is 2.15. The SMILES string of the molecule is Cc1cc([C@H](O)CCNC(=O)c2ccc(Cl)s2)c(C)o1. The second-order valence-electron chi connectivity index (χ2n) is 4.53. The lowest BCUT2D eigenvalue weighted by molar-refractivity contribution is 0.0946. The van der Waals surface area contributed by atoms with E-state index in [0.717, 1.165) is 11.3 Å². The van der Waals surface area contributed by atoms with E-state index in [2.05, 4.69) is 5.32 Å². The fourth-order valence-electron chi connectivity index (χ4n) is 1.98. The first-order chi connectivity index (χ1) is 9.47. The van der Waals surface area contributed by atoms with Gasteiger partial charge in [0, 0.05) is 12.1 Å². The Bertz CT molecular complexity index is 605. The Morgan fingerprint density at radius 2 is 2.25 bits per heavy atom. The number of halogens is 1. The number of carbonyl (C=O) groups is 1. The molecular formula is C14H16ClNO3S. The van der Waals surface area contributed by atoms with Crippen molar-refractivity contribution in [3.05, 3.63) is 44.5 Å². The summed E-state index contributed by atoms with van der Waals surface area (Å²) in [4.78, 5) is 12.4.